The number of aliphatic carboxylic acids is 1. The second-order valence-electron chi connectivity index (χ2n) is 7.43. The molecule has 0 aliphatic rings. The molecular weight excluding hydrogens is 384 g/mol. The molecule has 0 atom stereocenters. The van der Waals surface area contributed by atoms with Crippen molar-refractivity contribution in [1.29, 1.82) is 0 Å². The molecule has 2 aromatic heterocycles. The molecule has 0 unspecified atom stereocenters. The highest BCUT2D eigenvalue weighted by Gasteiger charge is 2.15. The molecule has 1 N–H and O–H groups in total. The average Bonchev–Trinajstić information content (AvgIpc) is 3.25. The highest BCUT2D eigenvalue weighted by molar-refractivity contribution is 5.99. The molecule has 4 nitrogen and oxygen atoms in total. The largest absolute Gasteiger partial charge is 0.478 e. The second-order valence-corrected chi connectivity index (χ2v) is 7.43. The van der Waals surface area contributed by atoms with Crippen LogP contribution in [0.25, 0.3) is 22.9 Å². The van der Waals surface area contributed by atoms with Crippen molar-refractivity contribution in [3.8, 4) is 0 Å². The summed E-state index contributed by atoms with van der Waals surface area (Å²) in [6, 6.07) is 20.6. The quantitative estimate of drug-likeness (QED) is 0.309. The maximum absolute atomic E-state index is 10.8. The average molecular weight is 409 g/mol. The number of hydrogen-bond donors (Lipinski definition) is 1. The zero-order valence-electron chi connectivity index (χ0n) is 17.6. The normalized spacial score (nSPS) is 12.3. The number of rotatable bonds is 6. The van der Waals surface area contributed by atoms with Gasteiger partial charge in [-0.1, -0.05) is 55.5 Å². The molecule has 0 saturated carbocycles. The molecule has 0 spiro atoms. The number of carboxylic acid groups (broad SMARTS) is 1. The minimum Gasteiger partial charge on any atom is -0.478 e. The van der Waals surface area contributed by atoms with E-state index in [1.807, 2.05) is 28.8 Å². The van der Waals surface area contributed by atoms with Crippen molar-refractivity contribution in [2.24, 2.45) is 0 Å². The maximum Gasteiger partial charge on any atom is 0.328 e. The Morgan fingerprint density at radius 2 is 1.77 bits per heavy atom. The monoisotopic (exact) mass is 408 g/mol. The van der Waals surface area contributed by atoms with E-state index in [-0.39, 0.29) is 0 Å². The lowest BCUT2D eigenvalue weighted by molar-refractivity contribution is -0.131. The summed E-state index contributed by atoms with van der Waals surface area (Å²) in [6.07, 6.45) is 9.51. The Morgan fingerprint density at radius 3 is 2.48 bits per heavy atom. The summed E-state index contributed by atoms with van der Waals surface area (Å²) in [5.41, 5.74) is 8.87. The van der Waals surface area contributed by atoms with Gasteiger partial charge in [-0.2, -0.15) is 0 Å². The SMILES string of the molecule is CCC(=C(c1ccc(C=CC(=O)O)cc1)c1ccc2nccn2c1)c1ccccc1C. The van der Waals surface area contributed by atoms with Gasteiger partial charge in [-0.05, 0) is 70.5 Å². The molecule has 154 valence electrons. The zero-order valence-corrected chi connectivity index (χ0v) is 17.6. The van der Waals surface area contributed by atoms with Gasteiger partial charge in [0.1, 0.15) is 5.65 Å². The summed E-state index contributed by atoms with van der Waals surface area (Å²) in [5, 5.41) is 8.89. The van der Waals surface area contributed by atoms with Gasteiger partial charge in [0.15, 0.2) is 0 Å². The Kier molecular flexibility index (Phi) is 5.80. The molecule has 4 heteroatoms. The van der Waals surface area contributed by atoms with Crippen molar-refractivity contribution in [1.82, 2.24) is 9.38 Å². The molecule has 0 aliphatic carbocycles. The van der Waals surface area contributed by atoms with E-state index in [2.05, 4.69) is 67.5 Å². The number of nitrogens with zero attached hydrogens (tertiary/aromatic N) is 2. The van der Waals surface area contributed by atoms with Crippen molar-refractivity contribution in [2.45, 2.75) is 20.3 Å². The second kappa shape index (κ2) is 8.84. The van der Waals surface area contributed by atoms with Crippen molar-refractivity contribution >= 4 is 28.8 Å². The Morgan fingerprint density at radius 1 is 1.03 bits per heavy atom. The van der Waals surface area contributed by atoms with Crippen LogP contribution in [0.4, 0.5) is 0 Å². The van der Waals surface area contributed by atoms with Gasteiger partial charge in [-0.3, -0.25) is 0 Å². The smallest absolute Gasteiger partial charge is 0.328 e. The number of aromatic nitrogens is 2. The van der Waals surface area contributed by atoms with Crippen molar-refractivity contribution in [2.75, 3.05) is 0 Å². The lowest BCUT2D eigenvalue weighted by atomic mass is 9.87. The lowest BCUT2D eigenvalue weighted by Crippen LogP contribution is -1.98. The van der Waals surface area contributed by atoms with E-state index in [4.69, 9.17) is 5.11 Å². The molecule has 0 bridgehead atoms. The molecule has 0 amide bonds. The molecule has 2 aromatic carbocycles. The van der Waals surface area contributed by atoms with Gasteiger partial charge in [0.2, 0.25) is 0 Å². The first-order chi connectivity index (χ1) is 15.1. The van der Waals surface area contributed by atoms with Gasteiger partial charge in [0.05, 0.1) is 0 Å². The van der Waals surface area contributed by atoms with Gasteiger partial charge in [0.25, 0.3) is 0 Å². The minimum absolute atomic E-state index is 0.851. The fourth-order valence-corrected chi connectivity index (χ4v) is 3.92. The van der Waals surface area contributed by atoms with E-state index in [9.17, 15) is 4.79 Å². The van der Waals surface area contributed by atoms with Crippen LogP contribution in [0.2, 0.25) is 0 Å². The van der Waals surface area contributed by atoms with Crippen LogP contribution >= 0.6 is 0 Å². The standard InChI is InChI=1S/C27H24N2O2/c1-3-23(24-7-5-4-6-19(24)2)27(22-13-14-25-28-16-17-29(25)18-22)21-11-8-20(9-12-21)10-15-26(30)31/h4-18H,3H2,1-2H3,(H,30,31). The number of fused-ring (bicyclic) bond motifs is 1. The van der Waals surface area contributed by atoms with Gasteiger partial charge in [0, 0.05) is 24.7 Å². The third-order valence-electron chi connectivity index (χ3n) is 5.42. The van der Waals surface area contributed by atoms with Crippen molar-refractivity contribution in [3.05, 3.63) is 113 Å². The number of pyridine rings is 1. The van der Waals surface area contributed by atoms with Crippen LogP contribution in [-0.4, -0.2) is 20.5 Å². The number of aryl methyl sites for hydroxylation is 1. The van der Waals surface area contributed by atoms with Crippen LogP contribution in [0.3, 0.4) is 0 Å². The van der Waals surface area contributed by atoms with Gasteiger partial charge < -0.3 is 9.51 Å². The topological polar surface area (TPSA) is 54.6 Å². The van der Waals surface area contributed by atoms with E-state index >= 15 is 0 Å². The number of carbonyl (C=O) groups is 1. The summed E-state index contributed by atoms with van der Waals surface area (Å²) in [4.78, 5) is 15.2. The fraction of sp³-hybridized carbons (Fsp3) is 0.111. The summed E-state index contributed by atoms with van der Waals surface area (Å²) in [7, 11) is 0. The van der Waals surface area contributed by atoms with Crippen molar-refractivity contribution < 1.29 is 9.90 Å². The molecule has 4 rings (SSSR count). The van der Waals surface area contributed by atoms with Crippen LogP contribution in [0, 0.1) is 6.92 Å². The number of hydrogen-bond acceptors (Lipinski definition) is 2. The van der Waals surface area contributed by atoms with E-state index in [1.165, 1.54) is 22.3 Å². The number of allylic oxidation sites excluding steroid dienone is 1. The predicted octanol–water partition coefficient (Wildman–Crippen LogP) is 6.11. The van der Waals surface area contributed by atoms with E-state index in [0.717, 1.165) is 34.8 Å². The van der Waals surface area contributed by atoms with Crippen LogP contribution in [-0.2, 0) is 4.79 Å². The first-order valence-corrected chi connectivity index (χ1v) is 10.3. The molecule has 0 aliphatic heterocycles. The van der Waals surface area contributed by atoms with E-state index in [0.29, 0.717) is 0 Å². The first-order valence-electron chi connectivity index (χ1n) is 10.3. The third-order valence-corrected chi connectivity index (χ3v) is 5.42. The third kappa shape index (κ3) is 4.33. The van der Waals surface area contributed by atoms with Crippen LogP contribution < -0.4 is 0 Å². The summed E-state index contributed by atoms with van der Waals surface area (Å²) in [5.74, 6) is -0.953. The van der Waals surface area contributed by atoms with Crippen LogP contribution in [0.15, 0.2) is 85.3 Å². The number of benzene rings is 2. The Hall–Kier alpha value is -3.92. The minimum atomic E-state index is -0.953. The molecule has 0 saturated heterocycles. The van der Waals surface area contributed by atoms with Gasteiger partial charge in [-0.25, -0.2) is 9.78 Å². The zero-order chi connectivity index (χ0) is 21.8. The molecule has 4 aromatic rings. The molecule has 2 heterocycles. The van der Waals surface area contributed by atoms with E-state index in [1.54, 1.807) is 12.3 Å². The van der Waals surface area contributed by atoms with Crippen molar-refractivity contribution in [3.63, 3.8) is 0 Å². The Balaban J connectivity index is 1.92. The van der Waals surface area contributed by atoms with Crippen LogP contribution in [0.5, 0.6) is 0 Å². The molecule has 0 fully saturated rings. The summed E-state index contributed by atoms with van der Waals surface area (Å²) >= 11 is 0. The molecule has 0 radical (unpaired) electrons. The fourth-order valence-electron chi connectivity index (χ4n) is 3.92. The summed E-state index contributed by atoms with van der Waals surface area (Å²) < 4.78 is 2.03. The predicted molar refractivity (Wildman–Crippen MR) is 126 cm³/mol. The van der Waals surface area contributed by atoms with Gasteiger partial charge in [-0.15, -0.1) is 0 Å². The highest BCUT2D eigenvalue weighted by Crippen LogP contribution is 2.35. The summed E-state index contributed by atoms with van der Waals surface area (Å²) in [6.45, 7) is 4.32. The van der Waals surface area contributed by atoms with E-state index < -0.39 is 5.97 Å². The Labute approximate surface area is 181 Å². The highest BCUT2D eigenvalue weighted by atomic mass is 16.4. The molecular formula is C27H24N2O2. The first kappa shape index (κ1) is 20.4. The van der Waals surface area contributed by atoms with Crippen LogP contribution in [0.1, 0.15) is 41.2 Å². The maximum atomic E-state index is 10.8. The lowest BCUT2D eigenvalue weighted by Gasteiger charge is -2.18. The van der Waals surface area contributed by atoms with Gasteiger partial charge >= 0.3 is 5.97 Å². The number of imidazole rings is 1. The Bertz CT molecular complexity index is 1290. The molecule has 31 heavy (non-hydrogen) atoms. The number of carboxylic acids is 1.